The number of rotatable bonds is 9. The summed E-state index contributed by atoms with van der Waals surface area (Å²) in [6.07, 6.45) is 2.84. The highest BCUT2D eigenvalue weighted by atomic mass is 32.2. The van der Waals surface area contributed by atoms with Crippen molar-refractivity contribution < 1.29 is 13.2 Å². The molecule has 0 aromatic heterocycles. The van der Waals surface area contributed by atoms with Crippen LogP contribution < -0.4 is 9.62 Å². The number of amides is 1. The summed E-state index contributed by atoms with van der Waals surface area (Å²) in [4.78, 5) is 14.6. The Labute approximate surface area is 156 Å². The van der Waals surface area contributed by atoms with Gasteiger partial charge in [0.25, 0.3) is 5.91 Å². The number of hydrogen-bond donors (Lipinski definition) is 1. The fourth-order valence-corrected chi connectivity index (χ4v) is 3.72. The predicted molar refractivity (Wildman–Crippen MR) is 105 cm³/mol. The van der Waals surface area contributed by atoms with Gasteiger partial charge in [-0.15, -0.1) is 0 Å². The van der Waals surface area contributed by atoms with Crippen LogP contribution in [0.15, 0.2) is 59.5 Å². The molecule has 2 aromatic carbocycles. The van der Waals surface area contributed by atoms with E-state index in [1.54, 1.807) is 17.0 Å². The van der Waals surface area contributed by atoms with Crippen LogP contribution >= 0.6 is 0 Å². The molecule has 2 aromatic rings. The SMILES string of the molecule is CCCCCNS(=O)(=O)c1ccc(C(=O)N(CC)c2ccccc2)cc1. The Hall–Kier alpha value is -2.18. The van der Waals surface area contributed by atoms with Gasteiger partial charge >= 0.3 is 0 Å². The van der Waals surface area contributed by atoms with Gasteiger partial charge in [-0.3, -0.25) is 4.79 Å². The molecule has 26 heavy (non-hydrogen) atoms. The molecule has 5 nitrogen and oxygen atoms in total. The standard InChI is InChI=1S/C20H26N2O3S/c1-3-5-9-16-21-26(24,25)19-14-12-17(13-15-19)20(23)22(4-2)18-10-7-6-8-11-18/h6-8,10-15,21H,3-5,9,16H2,1-2H3. The summed E-state index contributed by atoms with van der Waals surface area (Å²) in [6, 6.07) is 15.5. The molecule has 0 heterocycles. The van der Waals surface area contributed by atoms with Gasteiger partial charge in [0.05, 0.1) is 4.90 Å². The van der Waals surface area contributed by atoms with Gasteiger partial charge in [-0.05, 0) is 49.7 Å². The van der Waals surface area contributed by atoms with Crippen molar-refractivity contribution in [2.45, 2.75) is 38.0 Å². The number of nitrogens with one attached hydrogen (secondary N) is 1. The number of sulfonamides is 1. The third-order valence-corrected chi connectivity index (χ3v) is 5.59. The van der Waals surface area contributed by atoms with Crippen molar-refractivity contribution in [2.75, 3.05) is 18.0 Å². The molecule has 0 fully saturated rings. The molecule has 0 spiro atoms. The van der Waals surface area contributed by atoms with Crippen molar-refractivity contribution in [3.63, 3.8) is 0 Å². The second kappa shape index (κ2) is 9.50. The second-order valence-electron chi connectivity index (χ2n) is 6.01. The van der Waals surface area contributed by atoms with Crippen LogP contribution in [0.2, 0.25) is 0 Å². The first-order valence-electron chi connectivity index (χ1n) is 8.96. The highest BCUT2D eigenvalue weighted by molar-refractivity contribution is 7.89. The Kier molecular flexibility index (Phi) is 7.36. The zero-order valence-corrected chi connectivity index (χ0v) is 16.1. The maximum atomic E-state index is 12.7. The molecule has 0 unspecified atom stereocenters. The van der Waals surface area contributed by atoms with Gasteiger partial charge in [-0.2, -0.15) is 0 Å². The van der Waals surface area contributed by atoms with Gasteiger partial charge in [-0.1, -0.05) is 38.0 Å². The number of benzene rings is 2. The molecular formula is C20H26N2O3S. The van der Waals surface area contributed by atoms with Crippen LogP contribution in [0.4, 0.5) is 5.69 Å². The summed E-state index contributed by atoms with van der Waals surface area (Å²) in [5.74, 6) is -0.154. The monoisotopic (exact) mass is 374 g/mol. The van der Waals surface area contributed by atoms with Crippen LogP contribution in [-0.2, 0) is 10.0 Å². The van der Waals surface area contributed by atoms with Crippen molar-refractivity contribution in [1.29, 1.82) is 0 Å². The lowest BCUT2D eigenvalue weighted by Crippen LogP contribution is -2.30. The summed E-state index contributed by atoms with van der Waals surface area (Å²) in [5.41, 5.74) is 1.27. The predicted octanol–water partition coefficient (Wildman–Crippen LogP) is 3.82. The maximum Gasteiger partial charge on any atom is 0.258 e. The minimum atomic E-state index is -3.54. The summed E-state index contributed by atoms with van der Waals surface area (Å²) in [5, 5.41) is 0. The van der Waals surface area contributed by atoms with Crippen LogP contribution in [0.1, 0.15) is 43.5 Å². The Balaban J connectivity index is 2.12. The van der Waals surface area contributed by atoms with Crippen LogP contribution in [0.3, 0.4) is 0 Å². The molecule has 0 aliphatic rings. The first-order valence-corrected chi connectivity index (χ1v) is 10.4. The van der Waals surface area contributed by atoms with Crippen LogP contribution in [0.5, 0.6) is 0 Å². The average molecular weight is 375 g/mol. The smallest absolute Gasteiger partial charge is 0.258 e. The minimum absolute atomic E-state index is 0.154. The van der Waals surface area contributed by atoms with Gasteiger partial charge in [-0.25, -0.2) is 13.1 Å². The van der Waals surface area contributed by atoms with Crippen molar-refractivity contribution in [3.8, 4) is 0 Å². The van der Waals surface area contributed by atoms with E-state index in [4.69, 9.17) is 0 Å². The zero-order valence-electron chi connectivity index (χ0n) is 15.3. The minimum Gasteiger partial charge on any atom is -0.309 e. The number of unbranched alkanes of at least 4 members (excludes halogenated alkanes) is 2. The third kappa shape index (κ3) is 5.16. The number of para-hydroxylation sites is 1. The Morgan fingerprint density at radius 3 is 2.19 bits per heavy atom. The van der Waals surface area contributed by atoms with Crippen molar-refractivity contribution in [2.24, 2.45) is 0 Å². The number of nitrogens with zero attached hydrogens (tertiary/aromatic N) is 1. The molecule has 140 valence electrons. The van der Waals surface area contributed by atoms with Crippen molar-refractivity contribution in [1.82, 2.24) is 4.72 Å². The van der Waals surface area contributed by atoms with E-state index in [0.717, 1.165) is 24.9 Å². The van der Waals surface area contributed by atoms with Crippen LogP contribution in [-0.4, -0.2) is 27.4 Å². The highest BCUT2D eigenvalue weighted by Gasteiger charge is 2.18. The summed E-state index contributed by atoms with van der Waals surface area (Å²) in [6.45, 7) is 4.93. The Morgan fingerprint density at radius 2 is 1.62 bits per heavy atom. The molecule has 1 amide bonds. The summed E-state index contributed by atoms with van der Waals surface area (Å²) >= 11 is 0. The number of carbonyl (C=O) groups excluding carboxylic acids is 1. The fraction of sp³-hybridized carbons (Fsp3) is 0.350. The zero-order chi connectivity index (χ0) is 19.0. The molecule has 6 heteroatoms. The van der Waals surface area contributed by atoms with Gasteiger partial charge in [0.1, 0.15) is 0 Å². The van der Waals surface area contributed by atoms with E-state index in [9.17, 15) is 13.2 Å². The van der Waals surface area contributed by atoms with E-state index < -0.39 is 10.0 Å². The first kappa shape index (κ1) is 20.1. The second-order valence-corrected chi connectivity index (χ2v) is 7.78. The van der Waals surface area contributed by atoms with E-state index in [1.807, 2.05) is 37.3 Å². The van der Waals surface area contributed by atoms with Gasteiger partial charge in [0.2, 0.25) is 10.0 Å². The first-order chi connectivity index (χ1) is 12.5. The molecule has 0 radical (unpaired) electrons. The molecule has 1 N–H and O–H groups in total. The van der Waals surface area contributed by atoms with Crippen molar-refractivity contribution >= 4 is 21.6 Å². The van der Waals surface area contributed by atoms with E-state index in [1.165, 1.54) is 12.1 Å². The number of carbonyl (C=O) groups is 1. The van der Waals surface area contributed by atoms with E-state index >= 15 is 0 Å². The average Bonchev–Trinajstić information content (AvgIpc) is 2.67. The van der Waals surface area contributed by atoms with Crippen molar-refractivity contribution in [3.05, 3.63) is 60.2 Å². The molecule has 0 bridgehead atoms. The van der Waals surface area contributed by atoms with Crippen LogP contribution in [0, 0.1) is 0 Å². The summed E-state index contributed by atoms with van der Waals surface area (Å²) < 4.78 is 27.2. The third-order valence-electron chi connectivity index (χ3n) is 4.11. The number of anilines is 1. The lowest BCUT2D eigenvalue weighted by Gasteiger charge is -2.21. The molecule has 0 aliphatic carbocycles. The Morgan fingerprint density at radius 1 is 0.962 bits per heavy atom. The van der Waals surface area contributed by atoms with E-state index in [2.05, 4.69) is 11.6 Å². The van der Waals surface area contributed by atoms with Gasteiger partial charge < -0.3 is 4.90 Å². The Bertz CT molecular complexity index is 803. The fourth-order valence-electron chi connectivity index (χ4n) is 2.65. The molecule has 0 saturated carbocycles. The lowest BCUT2D eigenvalue weighted by molar-refractivity contribution is 0.0988. The molecular weight excluding hydrogens is 348 g/mol. The molecule has 0 aliphatic heterocycles. The molecule has 0 saturated heterocycles. The molecule has 0 atom stereocenters. The molecule has 2 rings (SSSR count). The van der Waals surface area contributed by atoms with E-state index in [-0.39, 0.29) is 10.8 Å². The summed E-state index contributed by atoms with van der Waals surface area (Å²) in [7, 11) is -3.54. The quantitative estimate of drug-likeness (QED) is 0.679. The highest BCUT2D eigenvalue weighted by Crippen LogP contribution is 2.18. The van der Waals surface area contributed by atoms with Gasteiger partial charge in [0.15, 0.2) is 0 Å². The normalized spacial score (nSPS) is 11.3. The number of hydrogen-bond acceptors (Lipinski definition) is 3. The van der Waals surface area contributed by atoms with Crippen LogP contribution in [0.25, 0.3) is 0 Å². The van der Waals surface area contributed by atoms with Gasteiger partial charge in [0, 0.05) is 24.3 Å². The topological polar surface area (TPSA) is 66.5 Å². The largest absolute Gasteiger partial charge is 0.309 e. The lowest BCUT2D eigenvalue weighted by atomic mass is 10.2. The maximum absolute atomic E-state index is 12.7. The van der Waals surface area contributed by atoms with E-state index in [0.29, 0.717) is 18.7 Å².